The topological polar surface area (TPSA) is 60.5 Å². The van der Waals surface area contributed by atoms with Crippen LogP contribution in [0.25, 0.3) is 0 Å². The zero-order chi connectivity index (χ0) is 12.8. The van der Waals surface area contributed by atoms with Gasteiger partial charge in [-0.1, -0.05) is 0 Å². The first-order valence-corrected chi connectivity index (χ1v) is 6.13. The number of rotatable bonds is 4. The molecule has 0 aliphatic carbocycles. The van der Waals surface area contributed by atoms with Gasteiger partial charge in [0.1, 0.15) is 5.75 Å². The highest BCUT2D eigenvalue weighted by Gasteiger charge is 2.21. The molecule has 0 bridgehead atoms. The van der Waals surface area contributed by atoms with Gasteiger partial charge in [-0.3, -0.25) is 9.78 Å². The molecule has 5 heteroatoms. The number of aromatic nitrogens is 1. The average molecular weight is 250 g/mol. The highest BCUT2D eigenvalue weighted by molar-refractivity contribution is 5.78. The highest BCUT2D eigenvalue weighted by Crippen LogP contribution is 2.17. The zero-order valence-corrected chi connectivity index (χ0v) is 10.5. The summed E-state index contributed by atoms with van der Waals surface area (Å²) in [5.74, 6) is 0.720. The van der Waals surface area contributed by atoms with E-state index in [2.05, 4.69) is 10.3 Å². The maximum atomic E-state index is 11.9. The minimum atomic E-state index is -0.0217. The van der Waals surface area contributed by atoms with Gasteiger partial charge in [0.15, 0.2) is 0 Å². The Kier molecular flexibility index (Phi) is 4.52. The van der Waals surface area contributed by atoms with Crippen LogP contribution in [0.3, 0.4) is 0 Å². The summed E-state index contributed by atoms with van der Waals surface area (Å²) in [6.45, 7) is 1.75. The van der Waals surface area contributed by atoms with Crippen molar-refractivity contribution in [3.05, 3.63) is 24.0 Å². The van der Waals surface area contributed by atoms with E-state index in [1.54, 1.807) is 19.5 Å². The molecule has 1 fully saturated rings. The molecular formula is C13H18N2O3. The van der Waals surface area contributed by atoms with E-state index >= 15 is 0 Å². The molecule has 1 atom stereocenters. The largest absolute Gasteiger partial charge is 0.495 e. The van der Waals surface area contributed by atoms with Crippen LogP contribution in [0.15, 0.2) is 18.5 Å². The Morgan fingerprint density at radius 2 is 2.56 bits per heavy atom. The van der Waals surface area contributed by atoms with Crippen LogP contribution in [-0.2, 0) is 16.1 Å². The molecular weight excluding hydrogens is 232 g/mol. The summed E-state index contributed by atoms with van der Waals surface area (Å²) in [4.78, 5) is 15.9. The molecule has 0 spiro atoms. The number of hydrogen-bond donors (Lipinski definition) is 1. The van der Waals surface area contributed by atoms with Crippen LogP contribution in [0.5, 0.6) is 5.75 Å². The Morgan fingerprint density at radius 3 is 3.28 bits per heavy atom. The van der Waals surface area contributed by atoms with Crippen molar-refractivity contribution in [1.82, 2.24) is 10.3 Å². The quantitative estimate of drug-likeness (QED) is 0.870. The smallest absolute Gasteiger partial charge is 0.225 e. The van der Waals surface area contributed by atoms with Gasteiger partial charge in [-0.15, -0.1) is 0 Å². The molecule has 18 heavy (non-hydrogen) atoms. The lowest BCUT2D eigenvalue weighted by atomic mass is 10.0. The molecule has 2 heterocycles. The van der Waals surface area contributed by atoms with Crippen LogP contribution >= 0.6 is 0 Å². The Hall–Kier alpha value is -1.62. The summed E-state index contributed by atoms with van der Waals surface area (Å²) in [5, 5.41) is 2.92. The van der Waals surface area contributed by atoms with E-state index in [1.165, 1.54) is 0 Å². The minimum Gasteiger partial charge on any atom is -0.495 e. The number of hydrogen-bond acceptors (Lipinski definition) is 4. The zero-order valence-electron chi connectivity index (χ0n) is 10.5. The van der Waals surface area contributed by atoms with Gasteiger partial charge in [-0.25, -0.2) is 0 Å². The van der Waals surface area contributed by atoms with Gasteiger partial charge in [-0.05, 0) is 18.9 Å². The number of nitrogens with one attached hydrogen (secondary N) is 1. The number of amides is 1. The molecule has 0 radical (unpaired) electrons. The molecule has 1 N–H and O–H groups in total. The van der Waals surface area contributed by atoms with Gasteiger partial charge in [0, 0.05) is 24.9 Å². The van der Waals surface area contributed by atoms with E-state index in [4.69, 9.17) is 9.47 Å². The van der Waals surface area contributed by atoms with E-state index in [0.29, 0.717) is 18.9 Å². The van der Waals surface area contributed by atoms with Crippen molar-refractivity contribution >= 4 is 5.91 Å². The fourth-order valence-corrected chi connectivity index (χ4v) is 2.01. The molecule has 2 rings (SSSR count). The predicted octanol–water partition coefficient (Wildman–Crippen LogP) is 1.13. The minimum absolute atomic E-state index is 0.0217. The second-order valence-electron chi connectivity index (χ2n) is 4.32. The Labute approximate surface area is 107 Å². The monoisotopic (exact) mass is 250 g/mol. The van der Waals surface area contributed by atoms with Crippen LogP contribution < -0.4 is 10.1 Å². The maximum absolute atomic E-state index is 11.9. The number of ether oxygens (including phenoxy) is 2. The van der Waals surface area contributed by atoms with Crippen LogP contribution in [0.1, 0.15) is 18.4 Å². The predicted molar refractivity (Wildman–Crippen MR) is 66.2 cm³/mol. The van der Waals surface area contributed by atoms with Crippen LogP contribution in [0.4, 0.5) is 0 Å². The van der Waals surface area contributed by atoms with Crippen molar-refractivity contribution < 1.29 is 14.3 Å². The molecule has 1 amide bonds. The second-order valence-corrected chi connectivity index (χ2v) is 4.32. The molecule has 5 nitrogen and oxygen atoms in total. The van der Waals surface area contributed by atoms with Crippen LogP contribution in [0, 0.1) is 5.92 Å². The van der Waals surface area contributed by atoms with E-state index < -0.39 is 0 Å². The standard InChI is InChI=1S/C13H18N2O3/c1-17-12-8-14-5-4-10(12)7-15-13(16)11-3-2-6-18-9-11/h4-5,8,11H,2-3,6-7,9H2,1H3,(H,15,16)/t11-/m0/s1. The number of carbonyl (C=O) groups is 1. The summed E-state index contributed by atoms with van der Waals surface area (Å²) in [5.41, 5.74) is 0.928. The average Bonchev–Trinajstić information content (AvgIpc) is 2.46. The molecule has 1 aromatic rings. The van der Waals surface area contributed by atoms with E-state index in [0.717, 1.165) is 25.0 Å². The lowest BCUT2D eigenvalue weighted by molar-refractivity contribution is -0.129. The van der Waals surface area contributed by atoms with E-state index in [1.807, 2.05) is 6.07 Å². The lowest BCUT2D eigenvalue weighted by Gasteiger charge is -2.21. The van der Waals surface area contributed by atoms with Crippen molar-refractivity contribution in [1.29, 1.82) is 0 Å². The Bertz CT molecular complexity index is 403. The van der Waals surface area contributed by atoms with E-state index in [9.17, 15) is 4.79 Å². The summed E-state index contributed by atoms with van der Waals surface area (Å²) in [7, 11) is 1.59. The first-order chi connectivity index (χ1) is 8.81. The molecule has 0 aromatic carbocycles. The van der Waals surface area contributed by atoms with Gasteiger partial charge in [-0.2, -0.15) is 0 Å². The van der Waals surface area contributed by atoms with Gasteiger partial charge in [0.2, 0.25) is 5.91 Å². The molecule has 1 saturated heterocycles. The molecule has 0 saturated carbocycles. The van der Waals surface area contributed by atoms with Gasteiger partial charge >= 0.3 is 0 Å². The number of pyridine rings is 1. The molecule has 1 aliphatic heterocycles. The summed E-state index contributed by atoms with van der Waals surface area (Å²) >= 11 is 0. The molecule has 98 valence electrons. The number of nitrogens with zero attached hydrogens (tertiary/aromatic N) is 1. The summed E-state index contributed by atoms with van der Waals surface area (Å²) in [6.07, 6.45) is 5.19. The maximum Gasteiger partial charge on any atom is 0.225 e. The fraction of sp³-hybridized carbons (Fsp3) is 0.538. The van der Waals surface area contributed by atoms with Crippen molar-refractivity contribution in [2.24, 2.45) is 5.92 Å². The first-order valence-electron chi connectivity index (χ1n) is 6.13. The normalized spacial score (nSPS) is 19.3. The van der Waals surface area contributed by atoms with Gasteiger partial charge in [0.05, 0.1) is 25.8 Å². The van der Waals surface area contributed by atoms with Crippen LogP contribution in [0.2, 0.25) is 0 Å². The van der Waals surface area contributed by atoms with Crippen LogP contribution in [-0.4, -0.2) is 31.2 Å². The summed E-state index contributed by atoms with van der Waals surface area (Å²) in [6, 6.07) is 1.84. The third kappa shape index (κ3) is 3.20. The van der Waals surface area contributed by atoms with Gasteiger partial charge < -0.3 is 14.8 Å². The lowest BCUT2D eigenvalue weighted by Crippen LogP contribution is -2.35. The number of carbonyl (C=O) groups excluding carboxylic acids is 1. The third-order valence-corrected chi connectivity index (χ3v) is 3.07. The van der Waals surface area contributed by atoms with E-state index in [-0.39, 0.29) is 11.8 Å². The number of methoxy groups -OCH3 is 1. The molecule has 1 aromatic heterocycles. The van der Waals surface area contributed by atoms with Crippen molar-refractivity contribution in [2.45, 2.75) is 19.4 Å². The third-order valence-electron chi connectivity index (χ3n) is 3.07. The Balaban J connectivity index is 1.88. The summed E-state index contributed by atoms with van der Waals surface area (Å²) < 4.78 is 10.5. The highest BCUT2D eigenvalue weighted by atomic mass is 16.5. The Morgan fingerprint density at radius 1 is 1.67 bits per heavy atom. The molecule has 0 unspecified atom stereocenters. The van der Waals surface area contributed by atoms with Crippen molar-refractivity contribution in [3.63, 3.8) is 0 Å². The molecule has 1 aliphatic rings. The van der Waals surface area contributed by atoms with Crippen molar-refractivity contribution in [3.8, 4) is 5.75 Å². The van der Waals surface area contributed by atoms with Crippen molar-refractivity contribution in [2.75, 3.05) is 20.3 Å². The first kappa shape index (κ1) is 12.8. The second kappa shape index (κ2) is 6.35. The van der Waals surface area contributed by atoms with Gasteiger partial charge in [0.25, 0.3) is 0 Å². The fourth-order valence-electron chi connectivity index (χ4n) is 2.01. The SMILES string of the molecule is COc1cnccc1CNC(=O)[C@H]1CCCOC1.